The molecule has 0 radical (unpaired) electrons. The van der Waals surface area contributed by atoms with Crippen molar-refractivity contribution in [3.63, 3.8) is 0 Å². The van der Waals surface area contributed by atoms with Gasteiger partial charge in [-0.25, -0.2) is 0 Å². The summed E-state index contributed by atoms with van der Waals surface area (Å²) < 4.78 is 0. The molecule has 1 saturated carbocycles. The van der Waals surface area contributed by atoms with E-state index in [0.29, 0.717) is 10.8 Å². The van der Waals surface area contributed by atoms with E-state index < -0.39 is 0 Å². The lowest BCUT2D eigenvalue weighted by atomic mass is 9.57. The van der Waals surface area contributed by atoms with Gasteiger partial charge in [0.05, 0.1) is 0 Å². The van der Waals surface area contributed by atoms with Crippen LogP contribution in [-0.4, -0.2) is 0 Å². The zero-order chi connectivity index (χ0) is 19.2. The largest absolute Gasteiger partial charge is 0.0628 e. The van der Waals surface area contributed by atoms with Gasteiger partial charge < -0.3 is 0 Å². The first-order chi connectivity index (χ1) is 12.9. The maximum atomic E-state index is 2.60. The summed E-state index contributed by atoms with van der Waals surface area (Å²) in [7, 11) is 0. The highest BCUT2D eigenvalue weighted by molar-refractivity contribution is 5.52. The Bertz CT molecular complexity index is 684. The van der Waals surface area contributed by atoms with Gasteiger partial charge in [0.15, 0.2) is 0 Å². The van der Waals surface area contributed by atoms with Crippen molar-refractivity contribution >= 4 is 0 Å². The molecule has 3 aliphatic rings. The molecule has 1 aromatic carbocycles. The molecular weight excluding hydrogens is 324 g/mol. The Labute approximate surface area is 168 Å². The minimum Gasteiger partial charge on any atom is -0.0628 e. The van der Waals surface area contributed by atoms with E-state index in [1.165, 1.54) is 70.6 Å². The Morgan fingerprint density at radius 2 is 1.63 bits per heavy atom. The van der Waals surface area contributed by atoms with Gasteiger partial charge in [-0.05, 0) is 95.8 Å². The third-order valence-corrected chi connectivity index (χ3v) is 9.20. The quantitative estimate of drug-likeness (QED) is 0.499. The summed E-state index contributed by atoms with van der Waals surface area (Å²) in [5.74, 6) is 2.59. The maximum absolute atomic E-state index is 2.60. The topological polar surface area (TPSA) is 0 Å². The lowest BCUT2D eigenvalue weighted by molar-refractivity contribution is 0.177. The first kappa shape index (κ1) is 19.5. The van der Waals surface area contributed by atoms with Crippen LogP contribution in [0.2, 0.25) is 0 Å². The first-order valence-electron chi connectivity index (χ1n) is 12.0. The van der Waals surface area contributed by atoms with Crippen LogP contribution >= 0.6 is 0 Å². The zero-order valence-corrected chi connectivity index (χ0v) is 18.7. The van der Waals surface area contributed by atoms with Gasteiger partial charge in [0.2, 0.25) is 0 Å². The first-order valence-corrected chi connectivity index (χ1v) is 12.0. The number of hydrogen-bond acceptors (Lipinski definition) is 0. The molecule has 3 aliphatic carbocycles. The minimum absolute atomic E-state index is 0.408. The van der Waals surface area contributed by atoms with Crippen LogP contribution in [0, 0.1) is 17.8 Å². The van der Waals surface area contributed by atoms with E-state index in [1.807, 2.05) is 0 Å². The molecule has 0 heterocycles. The summed E-state index contributed by atoms with van der Waals surface area (Å²) in [6, 6.07) is 5.18. The van der Waals surface area contributed by atoms with Crippen LogP contribution in [0.3, 0.4) is 0 Å². The molecule has 0 amide bonds. The SMILES string of the molecule is CC(C)CCC[C@@H](C)[C@]1(C)CCc2c1ccc1c2CC[C@H]2CCCC[C@]12C. The van der Waals surface area contributed by atoms with Crippen LogP contribution in [0.5, 0.6) is 0 Å². The van der Waals surface area contributed by atoms with Crippen molar-refractivity contribution in [3.8, 4) is 0 Å². The number of rotatable bonds is 5. The lowest BCUT2D eigenvalue weighted by Gasteiger charge is -2.47. The van der Waals surface area contributed by atoms with Crippen LogP contribution in [0.25, 0.3) is 0 Å². The highest BCUT2D eigenvalue weighted by Gasteiger charge is 2.45. The van der Waals surface area contributed by atoms with Gasteiger partial charge >= 0.3 is 0 Å². The Balaban J connectivity index is 1.62. The molecular formula is C27H42. The van der Waals surface area contributed by atoms with Gasteiger partial charge in [0.1, 0.15) is 0 Å². The average Bonchev–Trinajstić information content (AvgIpc) is 2.99. The van der Waals surface area contributed by atoms with Crippen molar-refractivity contribution in [1.82, 2.24) is 0 Å². The van der Waals surface area contributed by atoms with Gasteiger partial charge in [-0.3, -0.25) is 0 Å². The summed E-state index contributed by atoms with van der Waals surface area (Å²) >= 11 is 0. The molecule has 0 N–H and O–H groups in total. The molecule has 0 heteroatoms. The molecule has 150 valence electrons. The molecule has 27 heavy (non-hydrogen) atoms. The van der Waals surface area contributed by atoms with E-state index in [9.17, 15) is 0 Å². The van der Waals surface area contributed by atoms with Crippen LogP contribution in [0.1, 0.15) is 115 Å². The van der Waals surface area contributed by atoms with Crippen LogP contribution < -0.4 is 0 Å². The van der Waals surface area contributed by atoms with Gasteiger partial charge in [0, 0.05) is 0 Å². The zero-order valence-electron chi connectivity index (χ0n) is 18.7. The van der Waals surface area contributed by atoms with Crippen molar-refractivity contribution in [3.05, 3.63) is 34.4 Å². The Morgan fingerprint density at radius 1 is 0.889 bits per heavy atom. The number of benzene rings is 1. The van der Waals surface area contributed by atoms with Gasteiger partial charge in [0.25, 0.3) is 0 Å². The normalized spacial score (nSPS) is 33.5. The second kappa shape index (κ2) is 7.23. The number of fused-ring (bicyclic) bond motifs is 5. The summed E-state index contributed by atoms with van der Waals surface area (Å²) in [4.78, 5) is 0. The van der Waals surface area contributed by atoms with Crippen molar-refractivity contribution in [2.24, 2.45) is 17.8 Å². The van der Waals surface area contributed by atoms with Crippen molar-refractivity contribution in [2.75, 3.05) is 0 Å². The fraction of sp³-hybridized carbons (Fsp3) is 0.778. The van der Waals surface area contributed by atoms with Gasteiger partial charge in [-0.2, -0.15) is 0 Å². The van der Waals surface area contributed by atoms with E-state index in [4.69, 9.17) is 0 Å². The summed E-state index contributed by atoms with van der Waals surface area (Å²) in [6.45, 7) is 12.4. The molecule has 4 rings (SSSR count). The Hall–Kier alpha value is -0.780. The molecule has 0 bridgehead atoms. The van der Waals surface area contributed by atoms with E-state index in [-0.39, 0.29) is 0 Å². The minimum atomic E-state index is 0.408. The fourth-order valence-corrected chi connectivity index (χ4v) is 7.06. The molecule has 1 fully saturated rings. The second-order valence-corrected chi connectivity index (χ2v) is 11.2. The van der Waals surface area contributed by atoms with Crippen molar-refractivity contribution in [2.45, 2.75) is 116 Å². The van der Waals surface area contributed by atoms with Crippen LogP contribution in [-0.2, 0) is 23.7 Å². The molecule has 0 spiro atoms. The molecule has 1 aromatic rings. The standard InChI is InChI=1S/C27H42/c1-19(2)9-8-10-20(3)26(4)18-16-23-22-13-12-21-11-6-7-17-27(21,5)25(22)15-14-24(23)26/h14-15,19-21H,6-13,16-18H2,1-5H3/t20-,21-,26+,27+/m1/s1. The van der Waals surface area contributed by atoms with E-state index >= 15 is 0 Å². The summed E-state index contributed by atoms with van der Waals surface area (Å²) in [6.07, 6.45) is 15.5. The average molecular weight is 367 g/mol. The molecule has 0 saturated heterocycles. The van der Waals surface area contributed by atoms with Crippen molar-refractivity contribution < 1.29 is 0 Å². The third-order valence-electron chi connectivity index (χ3n) is 9.20. The Kier molecular flexibility index (Phi) is 5.23. The Morgan fingerprint density at radius 3 is 2.41 bits per heavy atom. The summed E-state index contributed by atoms with van der Waals surface area (Å²) in [5.41, 5.74) is 7.96. The molecule has 0 nitrogen and oxygen atoms in total. The van der Waals surface area contributed by atoms with Gasteiger partial charge in [-0.15, -0.1) is 0 Å². The predicted octanol–water partition coefficient (Wildman–Crippen LogP) is 7.75. The molecule has 0 aliphatic heterocycles. The second-order valence-electron chi connectivity index (χ2n) is 11.2. The van der Waals surface area contributed by atoms with Crippen LogP contribution in [0.4, 0.5) is 0 Å². The van der Waals surface area contributed by atoms with Crippen LogP contribution in [0.15, 0.2) is 12.1 Å². The number of hydrogen-bond donors (Lipinski definition) is 0. The predicted molar refractivity (Wildman–Crippen MR) is 118 cm³/mol. The van der Waals surface area contributed by atoms with Gasteiger partial charge in [-0.1, -0.05) is 72.4 Å². The fourth-order valence-electron chi connectivity index (χ4n) is 7.06. The van der Waals surface area contributed by atoms with Crippen molar-refractivity contribution in [1.29, 1.82) is 0 Å². The monoisotopic (exact) mass is 366 g/mol. The molecule has 0 aromatic heterocycles. The summed E-state index contributed by atoms with van der Waals surface area (Å²) in [5, 5.41) is 0. The van der Waals surface area contributed by atoms with E-state index in [0.717, 1.165) is 17.8 Å². The highest BCUT2D eigenvalue weighted by Crippen LogP contribution is 2.54. The maximum Gasteiger partial charge on any atom is -0.00437 e. The lowest BCUT2D eigenvalue weighted by Crippen LogP contribution is -2.40. The molecule has 4 atom stereocenters. The molecule has 0 unspecified atom stereocenters. The highest BCUT2D eigenvalue weighted by atomic mass is 14.5. The smallest absolute Gasteiger partial charge is 0.00437 e. The third kappa shape index (κ3) is 3.20. The van der Waals surface area contributed by atoms with E-state index in [2.05, 4.69) is 46.8 Å². The van der Waals surface area contributed by atoms with E-state index in [1.54, 1.807) is 22.3 Å².